The number of hydrogen-bond donors (Lipinski definition) is 1. The molecule has 1 aliphatic rings. The SMILES string of the molecule is CNC(=O)C1CN(Cc2ccc(OCc3ccc(Cl)c(Cl)c3)c(OC(F)F)c2)C1. The largest absolute Gasteiger partial charge is 0.485 e. The Hall–Kier alpha value is -2.09. The molecule has 29 heavy (non-hydrogen) atoms. The molecule has 0 spiro atoms. The molecule has 0 saturated carbocycles. The number of hydrogen-bond acceptors (Lipinski definition) is 4. The van der Waals surface area contributed by atoms with Crippen LogP contribution in [0.2, 0.25) is 10.0 Å². The number of ether oxygens (including phenoxy) is 2. The highest BCUT2D eigenvalue weighted by atomic mass is 35.5. The lowest BCUT2D eigenvalue weighted by Crippen LogP contribution is -2.52. The zero-order valence-corrected chi connectivity index (χ0v) is 17.1. The molecule has 0 aromatic heterocycles. The third-order valence-corrected chi connectivity index (χ3v) is 5.32. The number of likely N-dealkylation sites (tertiary alicyclic amines) is 1. The molecule has 1 aliphatic heterocycles. The van der Waals surface area contributed by atoms with E-state index < -0.39 is 6.61 Å². The number of nitrogens with zero attached hydrogens (tertiary/aromatic N) is 1. The molecule has 1 heterocycles. The van der Waals surface area contributed by atoms with Crippen molar-refractivity contribution in [3.63, 3.8) is 0 Å². The molecule has 2 aromatic carbocycles. The van der Waals surface area contributed by atoms with Crippen LogP contribution >= 0.6 is 23.2 Å². The van der Waals surface area contributed by atoms with Crippen molar-refractivity contribution in [3.05, 3.63) is 57.6 Å². The van der Waals surface area contributed by atoms with Crippen LogP contribution in [0.1, 0.15) is 11.1 Å². The fourth-order valence-electron chi connectivity index (χ4n) is 3.08. The highest BCUT2D eigenvalue weighted by Crippen LogP contribution is 2.32. The molecule has 1 N–H and O–H groups in total. The number of alkyl halides is 2. The van der Waals surface area contributed by atoms with Gasteiger partial charge in [0.15, 0.2) is 11.5 Å². The summed E-state index contributed by atoms with van der Waals surface area (Å²) in [7, 11) is 1.61. The summed E-state index contributed by atoms with van der Waals surface area (Å²) in [5.74, 6) is 0.132. The number of carbonyl (C=O) groups is 1. The van der Waals surface area contributed by atoms with E-state index in [4.69, 9.17) is 27.9 Å². The van der Waals surface area contributed by atoms with Crippen molar-refractivity contribution in [2.24, 2.45) is 5.92 Å². The van der Waals surface area contributed by atoms with Crippen LogP contribution in [0.3, 0.4) is 0 Å². The monoisotopic (exact) mass is 444 g/mol. The summed E-state index contributed by atoms with van der Waals surface area (Å²) in [6.45, 7) is -1.07. The third-order valence-electron chi connectivity index (χ3n) is 4.58. The Bertz CT molecular complexity index is 877. The van der Waals surface area contributed by atoms with Gasteiger partial charge in [-0.3, -0.25) is 9.69 Å². The maximum atomic E-state index is 12.8. The van der Waals surface area contributed by atoms with Crippen LogP contribution in [0.25, 0.3) is 0 Å². The second kappa shape index (κ2) is 9.61. The lowest BCUT2D eigenvalue weighted by atomic mass is 9.98. The molecular formula is C20H20Cl2F2N2O3. The first-order valence-electron chi connectivity index (χ1n) is 8.94. The molecule has 0 atom stereocenters. The molecular weight excluding hydrogens is 425 g/mol. The summed E-state index contributed by atoms with van der Waals surface area (Å²) in [5.41, 5.74) is 1.53. The summed E-state index contributed by atoms with van der Waals surface area (Å²) < 4.78 is 36.0. The van der Waals surface area contributed by atoms with Crippen LogP contribution in [-0.4, -0.2) is 37.6 Å². The molecule has 0 radical (unpaired) electrons. The lowest BCUT2D eigenvalue weighted by molar-refractivity contribution is -0.129. The van der Waals surface area contributed by atoms with Gasteiger partial charge >= 0.3 is 6.61 Å². The highest BCUT2D eigenvalue weighted by molar-refractivity contribution is 6.42. The standard InChI is InChI=1S/C20H20Cl2F2N2O3/c1-25-19(27)14-9-26(10-14)8-12-3-5-17(18(7-12)29-20(23)24)28-11-13-2-4-15(21)16(22)6-13/h2-7,14,20H,8-11H2,1H3,(H,25,27). The molecule has 5 nitrogen and oxygen atoms in total. The number of nitrogens with one attached hydrogen (secondary N) is 1. The van der Waals surface area contributed by atoms with Gasteiger partial charge in [0.05, 0.1) is 16.0 Å². The molecule has 0 aliphatic carbocycles. The van der Waals surface area contributed by atoms with Gasteiger partial charge in [-0.2, -0.15) is 8.78 Å². The normalized spacial score (nSPS) is 14.6. The van der Waals surface area contributed by atoms with E-state index in [0.717, 1.165) is 11.1 Å². The first-order chi connectivity index (χ1) is 13.9. The van der Waals surface area contributed by atoms with E-state index in [1.54, 1.807) is 37.4 Å². The summed E-state index contributed by atoms with van der Waals surface area (Å²) >= 11 is 11.9. The number of carbonyl (C=O) groups excluding carboxylic acids is 1. The lowest BCUT2D eigenvalue weighted by Gasteiger charge is -2.38. The minimum Gasteiger partial charge on any atom is -0.485 e. The topological polar surface area (TPSA) is 50.8 Å². The average Bonchev–Trinajstić information content (AvgIpc) is 2.65. The van der Waals surface area contributed by atoms with Crippen molar-refractivity contribution in [1.82, 2.24) is 10.2 Å². The van der Waals surface area contributed by atoms with Gasteiger partial charge in [-0.1, -0.05) is 35.3 Å². The summed E-state index contributed by atoms with van der Waals surface area (Å²) in [5, 5.41) is 3.43. The maximum Gasteiger partial charge on any atom is 0.387 e. The molecule has 3 rings (SSSR count). The van der Waals surface area contributed by atoms with Gasteiger partial charge in [-0.15, -0.1) is 0 Å². The molecule has 1 fully saturated rings. The second-order valence-electron chi connectivity index (χ2n) is 6.70. The van der Waals surface area contributed by atoms with E-state index in [2.05, 4.69) is 15.0 Å². The quantitative estimate of drug-likeness (QED) is 0.657. The van der Waals surface area contributed by atoms with Crippen LogP contribution in [0, 0.1) is 5.92 Å². The molecule has 0 unspecified atom stereocenters. The van der Waals surface area contributed by atoms with Gasteiger partial charge in [0.25, 0.3) is 0 Å². The number of halogens is 4. The van der Waals surface area contributed by atoms with Crippen molar-refractivity contribution in [3.8, 4) is 11.5 Å². The zero-order valence-electron chi connectivity index (χ0n) is 15.6. The highest BCUT2D eigenvalue weighted by Gasteiger charge is 2.31. The second-order valence-corrected chi connectivity index (χ2v) is 7.52. The molecule has 1 saturated heterocycles. The Morgan fingerprint density at radius 1 is 1.14 bits per heavy atom. The summed E-state index contributed by atoms with van der Waals surface area (Å²) in [4.78, 5) is 13.6. The smallest absolute Gasteiger partial charge is 0.387 e. The van der Waals surface area contributed by atoms with Crippen LogP contribution < -0.4 is 14.8 Å². The fraction of sp³-hybridized carbons (Fsp3) is 0.350. The maximum absolute atomic E-state index is 12.8. The molecule has 156 valence electrons. The minimum absolute atomic E-state index is 0.00836. The van der Waals surface area contributed by atoms with Gasteiger partial charge in [0.1, 0.15) is 6.61 Å². The van der Waals surface area contributed by atoms with E-state index in [0.29, 0.717) is 29.7 Å². The Morgan fingerprint density at radius 3 is 2.52 bits per heavy atom. The van der Waals surface area contributed by atoms with Crippen molar-refractivity contribution in [2.45, 2.75) is 19.8 Å². The Morgan fingerprint density at radius 2 is 1.86 bits per heavy atom. The van der Waals surface area contributed by atoms with Crippen molar-refractivity contribution in [2.75, 3.05) is 20.1 Å². The first kappa shape index (κ1) is 21.6. The van der Waals surface area contributed by atoms with Crippen molar-refractivity contribution >= 4 is 29.1 Å². The average molecular weight is 445 g/mol. The van der Waals surface area contributed by atoms with Crippen molar-refractivity contribution in [1.29, 1.82) is 0 Å². The molecule has 0 bridgehead atoms. The third kappa shape index (κ3) is 5.72. The summed E-state index contributed by atoms with van der Waals surface area (Å²) in [6, 6.07) is 9.95. The number of benzene rings is 2. The van der Waals surface area contributed by atoms with E-state index >= 15 is 0 Å². The molecule has 1 amide bonds. The van der Waals surface area contributed by atoms with Crippen molar-refractivity contribution < 1.29 is 23.0 Å². The fourth-order valence-corrected chi connectivity index (χ4v) is 3.40. The predicted octanol–water partition coefficient (Wildman–Crippen LogP) is 4.35. The number of amides is 1. The van der Waals surface area contributed by atoms with Gasteiger partial charge < -0.3 is 14.8 Å². The Kier molecular flexibility index (Phi) is 7.16. The van der Waals surface area contributed by atoms with E-state index in [1.165, 1.54) is 6.07 Å². The molecule has 9 heteroatoms. The predicted molar refractivity (Wildman–Crippen MR) is 107 cm³/mol. The van der Waals surface area contributed by atoms with Crippen LogP contribution in [-0.2, 0) is 17.9 Å². The van der Waals surface area contributed by atoms with Gasteiger partial charge in [0.2, 0.25) is 5.91 Å². The van der Waals surface area contributed by atoms with Crippen LogP contribution in [0.5, 0.6) is 11.5 Å². The zero-order chi connectivity index (χ0) is 21.0. The number of rotatable bonds is 8. The molecule has 2 aromatic rings. The van der Waals surface area contributed by atoms with Crippen LogP contribution in [0.15, 0.2) is 36.4 Å². The minimum atomic E-state index is -2.97. The summed E-state index contributed by atoms with van der Waals surface area (Å²) in [6.07, 6.45) is 0. The van der Waals surface area contributed by atoms with Gasteiger partial charge in [0, 0.05) is 26.7 Å². The van der Waals surface area contributed by atoms with Gasteiger partial charge in [-0.25, -0.2) is 0 Å². The van der Waals surface area contributed by atoms with Gasteiger partial charge in [-0.05, 0) is 35.4 Å². The first-order valence-corrected chi connectivity index (χ1v) is 9.69. The van der Waals surface area contributed by atoms with E-state index in [-0.39, 0.29) is 29.9 Å². The Balaban J connectivity index is 1.66. The van der Waals surface area contributed by atoms with E-state index in [1.807, 2.05) is 0 Å². The van der Waals surface area contributed by atoms with E-state index in [9.17, 15) is 13.6 Å². The Labute approximate surface area is 177 Å². The van der Waals surface area contributed by atoms with Crippen LogP contribution in [0.4, 0.5) is 8.78 Å².